The first-order valence-electron chi connectivity index (χ1n) is 6.45. The summed E-state index contributed by atoms with van der Waals surface area (Å²) in [5.41, 5.74) is 0. The van der Waals surface area contributed by atoms with Gasteiger partial charge < -0.3 is 9.64 Å². The molecule has 1 saturated heterocycles. The van der Waals surface area contributed by atoms with E-state index in [1.54, 1.807) is 0 Å². The highest BCUT2D eigenvalue weighted by Crippen LogP contribution is 2.20. The van der Waals surface area contributed by atoms with Crippen molar-refractivity contribution in [3.05, 3.63) is 0 Å². The largest absolute Gasteiger partial charge is 0.458 e. The molecule has 0 aromatic carbocycles. The monoisotopic (exact) mass is 315 g/mol. The fourth-order valence-electron chi connectivity index (χ4n) is 1.94. The Morgan fingerprint density at radius 1 is 1.25 bits per heavy atom. The number of alkyl halides is 2. The van der Waals surface area contributed by atoms with Crippen molar-refractivity contribution in [3.8, 4) is 0 Å². The number of hydrogen-bond acceptors (Lipinski definition) is 5. The molecule has 0 amide bonds. The van der Waals surface area contributed by atoms with Crippen molar-refractivity contribution in [2.75, 3.05) is 26.2 Å². The van der Waals surface area contributed by atoms with Crippen molar-refractivity contribution in [3.63, 3.8) is 0 Å². The molecule has 0 aliphatic carbocycles. The Hall–Kier alpha value is -0.800. The zero-order chi connectivity index (χ0) is 15.2. The van der Waals surface area contributed by atoms with E-state index in [1.807, 2.05) is 0 Å². The standard InChI is InChI=1S/C11H19F2NO5S/c12-11(13,20(16,17)18)9-19-10(15)5-4-8-14-6-2-1-3-7-14/h1-9H2,(H,16,17,18). The lowest BCUT2D eigenvalue weighted by atomic mass is 10.1. The molecular weight excluding hydrogens is 296 g/mol. The minimum atomic E-state index is -5.55. The molecule has 0 spiro atoms. The quantitative estimate of drug-likeness (QED) is 0.563. The third-order valence-corrected chi connectivity index (χ3v) is 3.96. The van der Waals surface area contributed by atoms with E-state index in [2.05, 4.69) is 9.64 Å². The molecule has 6 nitrogen and oxygen atoms in total. The van der Waals surface area contributed by atoms with Crippen molar-refractivity contribution in [1.29, 1.82) is 0 Å². The van der Waals surface area contributed by atoms with Gasteiger partial charge in [-0.3, -0.25) is 9.35 Å². The average Bonchev–Trinajstić information content (AvgIpc) is 2.36. The fraction of sp³-hybridized carbons (Fsp3) is 0.909. The van der Waals surface area contributed by atoms with Gasteiger partial charge >= 0.3 is 21.3 Å². The van der Waals surface area contributed by atoms with Gasteiger partial charge in [0.2, 0.25) is 0 Å². The SMILES string of the molecule is O=C(CCCN1CCCCC1)OCC(F)(F)S(=O)(=O)O. The van der Waals surface area contributed by atoms with Gasteiger partial charge in [-0.1, -0.05) is 6.42 Å². The van der Waals surface area contributed by atoms with Crippen molar-refractivity contribution < 1.29 is 31.3 Å². The Labute approximate surface area is 116 Å². The average molecular weight is 315 g/mol. The molecule has 0 radical (unpaired) electrons. The molecule has 0 aromatic rings. The number of esters is 1. The summed E-state index contributed by atoms with van der Waals surface area (Å²) in [6.07, 6.45) is 3.84. The molecule has 0 saturated carbocycles. The van der Waals surface area contributed by atoms with E-state index in [1.165, 1.54) is 6.42 Å². The number of halogens is 2. The van der Waals surface area contributed by atoms with Crippen LogP contribution in [0.1, 0.15) is 32.1 Å². The zero-order valence-corrected chi connectivity index (χ0v) is 11.9. The molecular formula is C11H19F2NO5S. The maximum absolute atomic E-state index is 12.8. The van der Waals surface area contributed by atoms with Crippen LogP contribution in [0.2, 0.25) is 0 Å². The normalized spacial score (nSPS) is 17.9. The van der Waals surface area contributed by atoms with Crippen LogP contribution in [0.3, 0.4) is 0 Å². The number of ether oxygens (including phenoxy) is 1. The van der Waals surface area contributed by atoms with Gasteiger partial charge in [-0.25, -0.2) is 0 Å². The molecule has 1 heterocycles. The molecule has 1 aliphatic heterocycles. The van der Waals surface area contributed by atoms with Crippen LogP contribution in [-0.2, 0) is 19.6 Å². The van der Waals surface area contributed by atoms with E-state index in [0.717, 1.165) is 25.9 Å². The summed E-state index contributed by atoms with van der Waals surface area (Å²) in [6.45, 7) is 0.962. The van der Waals surface area contributed by atoms with Gasteiger partial charge in [0, 0.05) is 6.42 Å². The van der Waals surface area contributed by atoms with Gasteiger partial charge in [0.15, 0.2) is 6.61 Å². The first-order chi connectivity index (χ1) is 9.22. The summed E-state index contributed by atoms with van der Waals surface area (Å²) < 4.78 is 58.6. The number of piperidine rings is 1. The predicted molar refractivity (Wildman–Crippen MR) is 67.0 cm³/mol. The van der Waals surface area contributed by atoms with Gasteiger partial charge in [0.25, 0.3) is 0 Å². The molecule has 118 valence electrons. The highest BCUT2D eigenvalue weighted by atomic mass is 32.2. The number of rotatable bonds is 7. The van der Waals surface area contributed by atoms with E-state index in [0.29, 0.717) is 13.0 Å². The van der Waals surface area contributed by atoms with Crippen molar-refractivity contribution >= 4 is 16.1 Å². The van der Waals surface area contributed by atoms with Crippen LogP contribution in [0.4, 0.5) is 8.78 Å². The smallest absolute Gasteiger partial charge is 0.402 e. The van der Waals surface area contributed by atoms with Crippen LogP contribution in [0, 0.1) is 0 Å². The van der Waals surface area contributed by atoms with Gasteiger partial charge in [0.05, 0.1) is 0 Å². The predicted octanol–water partition coefficient (Wildman–Crippen LogP) is 1.28. The number of carbonyl (C=O) groups is 1. The Morgan fingerprint density at radius 2 is 1.85 bits per heavy atom. The van der Waals surface area contributed by atoms with Crippen LogP contribution in [0.15, 0.2) is 0 Å². The summed E-state index contributed by atoms with van der Waals surface area (Å²) in [5.74, 6) is -0.898. The number of likely N-dealkylation sites (tertiary alicyclic amines) is 1. The molecule has 0 unspecified atom stereocenters. The summed E-state index contributed by atoms with van der Waals surface area (Å²) in [7, 11) is -5.55. The second-order valence-electron chi connectivity index (χ2n) is 4.78. The second kappa shape index (κ2) is 7.28. The minimum Gasteiger partial charge on any atom is -0.458 e. The van der Waals surface area contributed by atoms with Gasteiger partial charge in [-0.2, -0.15) is 17.2 Å². The number of nitrogens with zero attached hydrogens (tertiary/aromatic N) is 1. The minimum absolute atomic E-state index is 0.0575. The van der Waals surface area contributed by atoms with Crippen LogP contribution < -0.4 is 0 Å². The van der Waals surface area contributed by atoms with Crippen molar-refractivity contribution in [2.24, 2.45) is 0 Å². The van der Waals surface area contributed by atoms with E-state index < -0.39 is 27.9 Å². The molecule has 0 atom stereocenters. The summed E-state index contributed by atoms with van der Waals surface area (Å²) in [4.78, 5) is 13.4. The topological polar surface area (TPSA) is 83.9 Å². The van der Waals surface area contributed by atoms with E-state index in [4.69, 9.17) is 4.55 Å². The molecule has 1 aliphatic rings. The van der Waals surface area contributed by atoms with E-state index >= 15 is 0 Å². The van der Waals surface area contributed by atoms with Crippen molar-refractivity contribution in [2.45, 2.75) is 37.4 Å². The van der Waals surface area contributed by atoms with Gasteiger partial charge in [-0.15, -0.1) is 0 Å². The van der Waals surface area contributed by atoms with Crippen LogP contribution in [-0.4, -0.2) is 55.3 Å². The Morgan fingerprint density at radius 3 is 2.40 bits per heavy atom. The molecule has 20 heavy (non-hydrogen) atoms. The van der Waals surface area contributed by atoms with E-state index in [9.17, 15) is 22.0 Å². The highest BCUT2D eigenvalue weighted by molar-refractivity contribution is 7.86. The Bertz CT molecular complexity index is 421. The lowest BCUT2D eigenvalue weighted by Crippen LogP contribution is -2.34. The maximum atomic E-state index is 12.8. The zero-order valence-electron chi connectivity index (χ0n) is 11.1. The third-order valence-electron chi connectivity index (χ3n) is 3.08. The lowest BCUT2D eigenvalue weighted by Gasteiger charge is -2.26. The molecule has 1 N–H and O–H groups in total. The maximum Gasteiger partial charge on any atom is 0.402 e. The van der Waals surface area contributed by atoms with Gasteiger partial charge in [0.1, 0.15) is 0 Å². The summed E-state index contributed by atoms with van der Waals surface area (Å²) >= 11 is 0. The Kier molecular flexibility index (Phi) is 6.28. The highest BCUT2D eigenvalue weighted by Gasteiger charge is 2.45. The Balaban J connectivity index is 2.20. The van der Waals surface area contributed by atoms with Crippen LogP contribution in [0.5, 0.6) is 0 Å². The first kappa shape index (κ1) is 17.3. The molecule has 1 rings (SSSR count). The summed E-state index contributed by atoms with van der Waals surface area (Å²) in [6, 6.07) is 0. The second-order valence-corrected chi connectivity index (χ2v) is 6.33. The number of hydrogen-bond donors (Lipinski definition) is 1. The van der Waals surface area contributed by atoms with Crippen LogP contribution in [0.25, 0.3) is 0 Å². The van der Waals surface area contributed by atoms with Crippen molar-refractivity contribution in [1.82, 2.24) is 4.90 Å². The fourth-order valence-corrected chi connectivity index (χ4v) is 2.15. The summed E-state index contributed by atoms with van der Waals surface area (Å²) in [5, 5.41) is -4.46. The molecule has 0 bridgehead atoms. The van der Waals surface area contributed by atoms with E-state index in [-0.39, 0.29) is 6.42 Å². The molecule has 0 aromatic heterocycles. The first-order valence-corrected chi connectivity index (χ1v) is 7.89. The van der Waals surface area contributed by atoms with Gasteiger partial charge in [-0.05, 0) is 38.9 Å². The molecule has 9 heteroatoms. The third kappa shape index (κ3) is 5.68. The number of carbonyl (C=O) groups excluding carboxylic acids is 1. The lowest BCUT2D eigenvalue weighted by molar-refractivity contribution is -0.149. The molecule has 1 fully saturated rings. The van der Waals surface area contributed by atoms with Crippen LogP contribution >= 0.6 is 0 Å².